The van der Waals surface area contributed by atoms with Gasteiger partial charge in [0.15, 0.2) is 6.26 Å². The van der Waals surface area contributed by atoms with E-state index in [1.54, 1.807) is 6.26 Å². The fourth-order valence-corrected chi connectivity index (χ4v) is 11.6. The Morgan fingerprint density at radius 3 is 1.85 bits per heavy atom. The maximum atomic E-state index is 6.09. The molecule has 2 N–H and O–H groups in total. The molecule has 0 spiro atoms. The van der Waals surface area contributed by atoms with E-state index in [-0.39, 0.29) is 0 Å². The van der Waals surface area contributed by atoms with Crippen molar-refractivity contribution in [1.29, 1.82) is 0 Å². The van der Waals surface area contributed by atoms with Crippen molar-refractivity contribution in [2.45, 2.75) is 0 Å². The number of benzene rings is 10. The number of para-hydroxylation sites is 3. The van der Waals surface area contributed by atoms with Crippen LogP contribution in [0.3, 0.4) is 0 Å². The van der Waals surface area contributed by atoms with E-state index < -0.39 is 0 Å². The summed E-state index contributed by atoms with van der Waals surface area (Å²) in [5, 5.41) is 19.6. The number of aromatic nitrogens is 6. The van der Waals surface area contributed by atoms with Crippen molar-refractivity contribution in [2.24, 2.45) is 0 Å². The summed E-state index contributed by atoms with van der Waals surface area (Å²) in [7, 11) is 0. The van der Waals surface area contributed by atoms with Crippen LogP contribution in [0.15, 0.2) is 235 Å². The van der Waals surface area contributed by atoms with Crippen molar-refractivity contribution in [3.63, 3.8) is 0 Å². The molecule has 0 aliphatic rings. The molecule has 5 heterocycles. The quantitative estimate of drug-likeness (QED) is 0.123. The van der Waals surface area contributed by atoms with Gasteiger partial charge in [-0.1, -0.05) is 176 Å². The van der Waals surface area contributed by atoms with Gasteiger partial charge in [-0.05, 0) is 91.8 Å². The van der Waals surface area contributed by atoms with Crippen molar-refractivity contribution >= 4 is 75.9 Å². The van der Waals surface area contributed by atoms with Gasteiger partial charge in [0.2, 0.25) is 0 Å². The topological polar surface area (TPSA) is 96.3 Å². The van der Waals surface area contributed by atoms with E-state index in [4.69, 9.17) is 14.5 Å². The highest BCUT2D eigenvalue weighted by atomic mass is 16.5. The Kier molecular flexibility index (Phi) is 9.13. The van der Waals surface area contributed by atoms with Gasteiger partial charge in [-0.15, -0.1) is 5.10 Å². The van der Waals surface area contributed by atoms with Crippen LogP contribution in [0.5, 0.6) is 0 Å². The number of pyridine rings is 2. The third-order valence-electron chi connectivity index (χ3n) is 14.7. The molecule has 15 aromatic rings. The van der Waals surface area contributed by atoms with E-state index in [0.29, 0.717) is 5.69 Å². The highest BCUT2D eigenvalue weighted by Crippen LogP contribution is 2.56. The lowest BCUT2D eigenvalue weighted by atomic mass is 9.78. The monoisotopic (exact) mass is 932 g/mol. The van der Waals surface area contributed by atoms with Crippen molar-refractivity contribution in [2.75, 3.05) is 0 Å². The number of nitrogens with one attached hydrogen (secondary N) is 2. The molecule has 73 heavy (non-hydrogen) atoms. The van der Waals surface area contributed by atoms with Gasteiger partial charge in [0, 0.05) is 88.3 Å². The smallest absolute Gasteiger partial charge is 0.152 e. The van der Waals surface area contributed by atoms with Crippen molar-refractivity contribution in [3.05, 3.63) is 231 Å². The molecule has 0 aliphatic carbocycles. The highest BCUT2D eigenvalue weighted by Gasteiger charge is 2.31. The number of H-pyrrole nitrogens is 2. The van der Waals surface area contributed by atoms with Crippen LogP contribution in [0.4, 0.5) is 0 Å². The molecule has 0 bridgehead atoms. The van der Waals surface area contributed by atoms with Crippen LogP contribution in [-0.2, 0) is 0 Å². The molecule has 0 amide bonds. The molecular weight excluding hydrogens is 893 g/mol. The van der Waals surface area contributed by atoms with Gasteiger partial charge in [-0.25, -0.2) is 4.98 Å². The average Bonchev–Trinajstić information content (AvgIpc) is 4.25. The maximum absolute atomic E-state index is 6.09. The van der Waals surface area contributed by atoms with E-state index in [9.17, 15) is 0 Å². The Morgan fingerprint density at radius 2 is 1.07 bits per heavy atom. The minimum absolute atomic E-state index is 0.640. The Hall–Kier alpha value is -9.98. The Balaban J connectivity index is 1.27. The standard InChI is InChI=1S/C66H40N6O/c1-3-17-39(18-4-1)57-48(56-38-73-72-71-56)32-33-50-60(57)58(40-19-5-2-6-20-40)59(46-26-15-24-43-35-41-21-7-8-22-42(41)36-51(43)46)63-62(55-37-44-23-9-11-29-52(44)68-55)61(66(70-65(50)63)54-31-13-14-34-67-54)49-28-16-27-47-45-25-10-12-30-53(45)69-64(47)49/h1-38,68-69H. The average molecular weight is 933 g/mol. The van der Waals surface area contributed by atoms with Crippen molar-refractivity contribution in [1.82, 2.24) is 30.3 Å². The first-order valence-corrected chi connectivity index (χ1v) is 24.5. The number of fused-ring (bicyclic) bond motifs is 9. The van der Waals surface area contributed by atoms with Gasteiger partial charge in [0.05, 0.1) is 22.4 Å². The molecule has 7 nitrogen and oxygen atoms in total. The first-order valence-electron chi connectivity index (χ1n) is 24.5. The van der Waals surface area contributed by atoms with Gasteiger partial charge in [0.25, 0.3) is 0 Å². The molecule has 0 atom stereocenters. The molecule has 0 radical (unpaired) electrons. The second-order valence-corrected chi connectivity index (χ2v) is 18.7. The second-order valence-electron chi connectivity index (χ2n) is 18.7. The molecule has 15 rings (SSSR count). The van der Waals surface area contributed by atoms with Crippen LogP contribution in [0, 0.1) is 0 Å². The maximum Gasteiger partial charge on any atom is 0.152 e. The predicted octanol–water partition coefficient (Wildman–Crippen LogP) is 17.3. The normalized spacial score (nSPS) is 11.8. The minimum Gasteiger partial charge on any atom is -0.354 e. The predicted molar refractivity (Wildman–Crippen MR) is 299 cm³/mol. The molecule has 5 aromatic heterocycles. The van der Waals surface area contributed by atoms with Crippen LogP contribution < -0.4 is 0 Å². The lowest BCUT2D eigenvalue weighted by molar-refractivity contribution is 0.393. The number of aromatic amines is 2. The van der Waals surface area contributed by atoms with E-state index in [0.717, 1.165) is 143 Å². The highest BCUT2D eigenvalue weighted by molar-refractivity contribution is 6.31. The van der Waals surface area contributed by atoms with Gasteiger partial charge in [-0.3, -0.25) is 4.98 Å². The lowest BCUT2D eigenvalue weighted by Crippen LogP contribution is -2.03. The van der Waals surface area contributed by atoms with Crippen LogP contribution in [0.25, 0.3) is 154 Å². The van der Waals surface area contributed by atoms with E-state index >= 15 is 0 Å². The third-order valence-corrected chi connectivity index (χ3v) is 14.7. The molecule has 0 fully saturated rings. The van der Waals surface area contributed by atoms with Crippen LogP contribution in [0.2, 0.25) is 0 Å². The van der Waals surface area contributed by atoms with Crippen LogP contribution >= 0.6 is 0 Å². The SMILES string of the molecule is c1ccc(-c2c(-c3conn3)ccc3c2c(-c2ccccc2)c(-c2cccc4cc5ccccc5cc24)c2c(-c4cc5ccccc5[nH]4)c(-c4cccc5c4[nH]c4ccccc45)c(-c4ccccn4)nc23)cc1. The number of hydrogen-bond acceptors (Lipinski definition) is 5. The summed E-state index contributed by atoms with van der Waals surface area (Å²) < 4.78 is 5.51. The van der Waals surface area contributed by atoms with Gasteiger partial charge in [-0.2, -0.15) is 0 Å². The van der Waals surface area contributed by atoms with Crippen LogP contribution in [0.1, 0.15) is 0 Å². The third kappa shape index (κ3) is 6.39. The summed E-state index contributed by atoms with van der Waals surface area (Å²) in [6, 6.07) is 78.1. The summed E-state index contributed by atoms with van der Waals surface area (Å²) >= 11 is 0. The fraction of sp³-hybridized carbons (Fsp3) is 0. The summed E-state index contributed by atoms with van der Waals surface area (Å²) in [6.07, 6.45) is 3.50. The molecule has 0 saturated carbocycles. The zero-order valence-corrected chi connectivity index (χ0v) is 39.1. The minimum atomic E-state index is 0.640. The summed E-state index contributed by atoms with van der Waals surface area (Å²) in [4.78, 5) is 19.1. The second kappa shape index (κ2) is 16.3. The largest absolute Gasteiger partial charge is 0.354 e. The lowest BCUT2D eigenvalue weighted by Gasteiger charge is -2.26. The zero-order valence-electron chi connectivity index (χ0n) is 39.1. The fourth-order valence-electron chi connectivity index (χ4n) is 11.6. The molecular formula is C66H40N6O. The van der Waals surface area contributed by atoms with E-state index in [1.807, 2.05) is 12.3 Å². The number of hydrogen-bond donors (Lipinski definition) is 2. The van der Waals surface area contributed by atoms with Crippen molar-refractivity contribution < 1.29 is 4.52 Å². The number of nitrogens with zero attached hydrogens (tertiary/aromatic N) is 4. The van der Waals surface area contributed by atoms with Gasteiger partial charge >= 0.3 is 0 Å². The van der Waals surface area contributed by atoms with Crippen molar-refractivity contribution in [3.8, 4) is 78.4 Å². The van der Waals surface area contributed by atoms with E-state index in [1.165, 1.54) is 5.39 Å². The molecule has 340 valence electrons. The van der Waals surface area contributed by atoms with Gasteiger partial charge < -0.3 is 14.5 Å². The Labute approximate surface area is 418 Å². The first kappa shape index (κ1) is 40.9. The molecule has 0 saturated heterocycles. The molecule has 10 aromatic carbocycles. The van der Waals surface area contributed by atoms with Crippen LogP contribution in [-0.4, -0.2) is 30.3 Å². The summed E-state index contributed by atoms with van der Waals surface area (Å²) in [6.45, 7) is 0. The first-order chi connectivity index (χ1) is 36.2. The van der Waals surface area contributed by atoms with E-state index in [2.05, 4.69) is 233 Å². The molecule has 0 aliphatic heterocycles. The molecule has 0 unspecified atom stereocenters. The van der Waals surface area contributed by atoms with Gasteiger partial charge in [0.1, 0.15) is 5.69 Å². The number of rotatable bonds is 7. The molecule has 7 heteroatoms. The Bertz CT molecular complexity index is 4620. The summed E-state index contributed by atoms with van der Waals surface area (Å²) in [5.41, 5.74) is 17.3. The summed E-state index contributed by atoms with van der Waals surface area (Å²) in [5.74, 6) is 0. The Morgan fingerprint density at radius 1 is 0.384 bits per heavy atom. The zero-order chi connectivity index (χ0) is 48.0.